The zero-order valence-corrected chi connectivity index (χ0v) is 15.7. The molecule has 3 aromatic rings. The van der Waals surface area contributed by atoms with Gasteiger partial charge in [0.1, 0.15) is 6.61 Å². The van der Waals surface area contributed by atoms with Gasteiger partial charge in [-0.1, -0.05) is 28.1 Å². The van der Waals surface area contributed by atoms with E-state index >= 15 is 0 Å². The number of benzene rings is 2. The fourth-order valence-electron chi connectivity index (χ4n) is 2.46. The predicted octanol–water partition coefficient (Wildman–Crippen LogP) is 5.06. The summed E-state index contributed by atoms with van der Waals surface area (Å²) >= 11 is 3.39. The van der Waals surface area contributed by atoms with Crippen molar-refractivity contribution in [1.29, 1.82) is 0 Å². The first-order valence-electron chi connectivity index (χ1n) is 8.03. The van der Waals surface area contributed by atoms with Crippen molar-refractivity contribution < 1.29 is 23.8 Å². The third-order valence-electron chi connectivity index (χ3n) is 3.68. The molecule has 1 heterocycles. The van der Waals surface area contributed by atoms with Gasteiger partial charge in [-0.25, -0.2) is 4.79 Å². The van der Waals surface area contributed by atoms with Crippen LogP contribution in [0.5, 0.6) is 11.5 Å². The van der Waals surface area contributed by atoms with Crippen LogP contribution in [-0.2, 0) is 16.1 Å². The maximum atomic E-state index is 11.6. The molecule has 0 unspecified atom stereocenters. The highest BCUT2D eigenvalue weighted by Crippen LogP contribution is 2.39. The average Bonchev–Trinajstić information content (AvgIpc) is 3.10. The lowest BCUT2D eigenvalue weighted by Crippen LogP contribution is -2.00. The normalized spacial score (nSPS) is 11.2. The minimum Gasteiger partial charge on any atom is -0.502 e. The SMILES string of the molecule is CCOC(=O)/C=C/c1cc2ccoc2c(O)c1OCc1ccc(Br)cc1. The van der Waals surface area contributed by atoms with Crippen molar-refractivity contribution in [3.63, 3.8) is 0 Å². The number of rotatable bonds is 6. The lowest BCUT2D eigenvalue weighted by molar-refractivity contribution is -0.137. The highest BCUT2D eigenvalue weighted by molar-refractivity contribution is 9.10. The molecule has 0 spiro atoms. The Kier molecular flexibility index (Phi) is 5.63. The average molecular weight is 417 g/mol. The summed E-state index contributed by atoms with van der Waals surface area (Å²) in [6, 6.07) is 11.2. The molecule has 0 aliphatic rings. The van der Waals surface area contributed by atoms with E-state index in [9.17, 15) is 9.90 Å². The molecule has 26 heavy (non-hydrogen) atoms. The molecule has 0 radical (unpaired) electrons. The Bertz CT molecular complexity index is 941. The first kappa shape index (κ1) is 18.1. The number of furan rings is 1. The largest absolute Gasteiger partial charge is 0.502 e. The number of phenols is 1. The summed E-state index contributed by atoms with van der Waals surface area (Å²) < 4.78 is 17.0. The molecule has 2 aromatic carbocycles. The minimum absolute atomic E-state index is 0.104. The number of halogens is 1. The standard InChI is InChI=1S/C20H17BrO5/c1-2-24-17(22)8-5-14-11-15-9-10-25-19(15)18(23)20(14)26-12-13-3-6-16(21)7-4-13/h3-11,23H,2,12H2,1H3/b8-5+. The summed E-state index contributed by atoms with van der Waals surface area (Å²) in [5, 5.41) is 11.2. The Balaban J connectivity index is 1.92. The maximum absolute atomic E-state index is 11.6. The Hall–Kier alpha value is -2.73. The molecule has 134 valence electrons. The molecule has 1 N–H and O–H groups in total. The van der Waals surface area contributed by atoms with Crippen LogP contribution in [0.1, 0.15) is 18.1 Å². The fourth-order valence-corrected chi connectivity index (χ4v) is 2.72. The lowest BCUT2D eigenvalue weighted by Gasteiger charge is -2.12. The van der Waals surface area contributed by atoms with Gasteiger partial charge in [-0.15, -0.1) is 0 Å². The molecule has 0 fully saturated rings. The molecule has 5 nitrogen and oxygen atoms in total. The highest BCUT2D eigenvalue weighted by Gasteiger charge is 2.16. The third kappa shape index (κ3) is 4.08. The van der Waals surface area contributed by atoms with Crippen LogP contribution in [-0.4, -0.2) is 17.7 Å². The van der Waals surface area contributed by atoms with Crippen LogP contribution in [0.2, 0.25) is 0 Å². The lowest BCUT2D eigenvalue weighted by atomic mass is 10.1. The van der Waals surface area contributed by atoms with E-state index < -0.39 is 5.97 Å². The maximum Gasteiger partial charge on any atom is 0.330 e. The number of carbonyl (C=O) groups excluding carboxylic acids is 1. The highest BCUT2D eigenvalue weighted by atomic mass is 79.9. The molecule has 0 atom stereocenters. The van der Waals surface area contributed by atoms with E-state index in [1.807, 2.05) is 24.3 Å². The van der Waals surface area contributed by atoms with Gasteiger partial charge in [0.05, 0.1) is 12.9 Å². The molecule has 0 saturated carbocycles. The van der Waals surface area contributed by atoms with Crippen LogP contribution >= 0.6 is 15.9 Å². The van der Waals surface area contributed by atoms with E-state index in [1.54, 1.807) is 25.1 Å². The Labute approximate surface area is 159 Å². The molecule has 3 rings (SSSR count). The van der Waals surface area contributed by atoms with E-state index in [0.29, 0.717) is 23.1 Å². The van der Waals surface area contributed by atoms with Crippen molar-refractivity contribution in [3.8, 4) is 11.5 Å². The second-order valence-electron chi connectivity index (χ2n) is 5.48. The summed E-state index contributed by atoms with van der Waals surface area (Å²) in [5.41, 5.74) is 1.83. The Morgan fingerprint density at radius 1 is 1.27 bits per heavy atom. The fraction of sp³-hybridized carbons (Fsp3) is 0.150. The molecule has 1 aromatic heterocycles. The predicted molar refractivity (Wildman–Crippen MR) is 102 cm³/mol. The van der Waals surface area contributed by atoms with Crippen LogP contribution in [0.15, 0.2) is 57.6 Å². The van der Waals surface area contributed by atoms with Gasteiger partial charge in [0.25, 0.3) is 0 Å². The van der Waals surface area contributed by atoms with Gasteiger partial charge in [-0.3, -0.25) is 0 Å². The van der Waals surface area contributed by atoms with Gasteiger partial charge < -0.3 is 19.0 Å². The summed E-state index contributed by atoms with van der Waals surface area (Å²) in [5.74, 6) is -0.317. The van der Waals surface area contributed by atoms with Crippen molar-refractivity contribution in [2.24, 2.45) is 0 Å². The number of fused-ring (bicyclic) bond motifs is 1. The number of ether oxygens (including phenoxy) is 2. The first-order chi connectivity index (χ1) is 12.6. The molecule has 0 amide bonds. The van der Waals surface area contributed by atoms with E-state index in [4.69, 9.17) is 13.9 Å². The molecule has 0 aliphatic heterocycles. The van der Waals surface area contributed by atoms with Crippen LogP contribution in [0, 0.1) is 0 Å². The third-order valence-corrected chi connectivity index (χ3v) is 4.21. The van der Waals surface area contributed by atoms with Gasteiger partial charge in [0, 0.05) is 21.5 Å². The van der Waals surface area contributed by atoms with Crippen molar-refractivity contribution in [2.45, 2.75) is 13.5 Å². The molecule has 0 bridgehead atoms. The number of esters is 1. The quantitative estimate of drug-likeness (QED) is 0.449. The van der Waals surface area contributed by atoms with Crippen LogP contribution in [0.4, 0.5) is 0 Å². The second-order valence-corrected chi connectivity index (χ2v) is 6.40. The van der Waals surface area contributed by atoms with Gasteiger partial charge in [-0.2, -0.15) is 0 Å². The van der Waals surface area contributed by atoms with Gasteiger partial charge in [-0.05, 0) is 42.8 Å². The van der Waals surface area contributed by atoms with Crippen molar-refractivity contribution in [2.75, 3.05) is 6.61 Å². The second kappa shape index (κ2) is 8.10. The summed E-state index contributed by atoms with van der Waals surface area (Å²) in [6.45, 7) is 2.29. The van der Waals surface area contributed by atoms with Crippen LogP contribution in [0.25, 0.3) is 17.0 Å². The Morgan fingerprint density at radius 2 is 2.04 bits per heavy atom. The van der Waals surface area contributed by atoms with Gasteiger partial charge in [0.15, 0.2) is 11.3 Å². The molecular formula is C20H17BrO5. The number of phenolic OH excluding ortho intramolecular Hbond substituents is 1. The smallest absolute Gasteiger partial charge is 0.330 e. The van der Waals surface area contributed by atoms with E-state index in [1.165, 1.54) is 12.3 Å². The summed E-state index contributed by atoms with van der Waals surface area (Å²) in [7, 11) is 0. The van der Waals surface area contributed by atoms with Crippen LogP contribution < -0.4 is 4.74 Å². The summed E-state index contributed by atoms with van der Waals surface area (Å²) in [4.78, 5) is 11.6. The van der Waals surface area contributed by atoms with Crippen LogP contribution in [0.3, 0.4) is 0 Å². The number of carbonyl (C=O) groups is 1. The van der Waals surface area contributed by atoms with E-state index in [0.717, 1.165) is 10.0 Å². The number of hydrogen-bond donors (Lipinski definition) is 1. The van der Waals surface area contributed by atoms with E-state index in [-0.39, 0.29) is 18.1 Å². The van der Waals surface area contributed by atoms with Gasteiger partial charge >= 0.3 is 5.97 Å². The summed E-state index contributed by atoms with van der Waals surface area (Å²) in [6.07, 6.45) is 4.35. The number of aromatic hydroxyl groups is 1. The zero-order chi connectivity index (χ0) is 18.5. The molecular weight excluding hydrogens is 400 g/mol. The Morgan fingerprint density at radius 3 is 2.77 bits per heavy atom. The van der Waals surface area contributed by atoms with Crippen molar-refractivity contribution >= 4 is 38.9 Å². The van der Waals surface area contributed by atoms with Crippen molar-refractivity contribution in [1.82, 2.24) is 0 Å². The topological polar surface area (TPSA) is 68.9 Å². The molecule has 6 heteroatoms. The molecule has 0 aliphatic carbocycles. The molecule has 0 saturated heterocycles. The monoisotopic (exact) mass is 416 g/mol. The van der Waals surface area contributed by atoms with E-state index in [2.05, 4.69) is 15.9 Å². The van der Waals surface area contributed by atoms with Crippen molar-refractivity contribution in [3.05, 3.63) is 64.3 Å². The first-order valence-corrected chi connectivity index (χ1v) is 8.83. The zero-order valence-electron chi connectivity index (χ0n) is 14.1. The minimum atomic E-state index is -0.460. The number of hydrogen-bond acceptors (Lipinski definition) is 5. The van der Waals surface area contributed by atoms with Gasteiger partial charge in [0.2, 0.25) is 5.75 Å².